The van der Waals surface area contributed by atoms with Crippen molar-refractivity contribution in [2.75, 3.05) is 11.9 Å². The van der Waals surface area contributed by atoms with Crippen molar-refractivity contribution in [1.82, 2.24) is 5.32 Å². The summed E-state index contributed by atoms with van der Waals surface area (Å²) in [4.78, 5) is 24.5. The number of anilines is 1. The fourth-order valence-electron chi connectivity index (χ4n) is 2.01. The number of nitrogens with one attached hydrogen (secondary N) is 2. The molecule has 0 aliphatic heterocycles. The van der Waals surface area contributed by atoms with E-state index >= 15 is 0 Å². The Kier molecular flexibility index (Phi) is 5.00. The van der Waals surface area contributed by atoms with Gasteiger partial charge in [-0.25, -0.2) is 0 Å². The highest BCUT2D eigenvalue weighted by molar-refractivity contribution is 7.18. The Morgan fingerprint density at radius 2 is 2.14 bits per heavy atom. The third-order valence-electron chi connectivity index (χ3n) is 3.88. The molecule has 1 aliphatic carbocycles. The fourth-order valence-corrected chi connectivity index (χ4v) is 2.81. The van der Waals surface area contributed by atoms with Gasteiger partial charge in [0.15, 0.2) is 0 Å². The molecule has 0 bridgehead atoms. The van der Waals surface area contributed by atoms with Crippen molar-refractivity contribution in [3.05, 3.63) is 17.0 Å². The first-order valence-corrected chi connectivity index (χ1v) is 8.13. The van der Waals surface area contributed by atoms with Gasteiger partial charge in [-0.1, -0.05) is 6.92 Å². The molecule has 0 spiro atoms. The van der Waals surface area contributed by atoms with E-state index in [1.54, 1.807) is 12.1 Å². The van der Waals surface area contributed by atoms with Crippen molar-refractivity contribution in [3.8, 4) is 0 Å². The van der Waals surface area contributed by atoms with Gasteiger partial charge in [-0.05, 0) is 44.7 Å². The van der Waals surface area contributed by atoms with Crippen molar-refractivity contribution >= 4 is 28.2 Å². The van der Waals surface area contributed by atoms with Gasteiger partial charge in [0.25, 0.3) is 5.91 Å². The molecule has 6 heteroatoms. The maximum atomic E-state index is 12.2. The summed E-state index contributed by atoms with van der Waals surface area (Å²) in [5, 5.41) is 15.6. The minimum atomic E-state index is -0.409. The van der Waals surface area contributed by atoms with Crippen LogP contribution in [-0.4, -0.2) is 29.1 Å². The van der Waals surface area contributed by atoms with Crippen LogP contribution in [0.15, 0.2) is 12.1 Å². The van der Waals surface area contributed by atoms with Gasteiger partial charge in [0.2, 0.25) is 5.91 Å². The molecule has 0 radical (unpaired) electrons. The van der Waals surface area contributed by atoms with Crippen molar-refractivity contribution in [2.24, 2.45) is 5.92 Å². The number of carbonyl (C=O) groups excluding carboxylic acids is 2. The second-order valence-corrected chi connectivity index (χ2v) is 6.85. The lowest BCUT2D eigenvalue weighted by Gasteiger charge is -2.28. The van der Waals surface area contributed by atoms with Gasteiger partial charge in [-0.3, -0.25) is 9.59 Å². The second kappa shape index (κ2) is 6.58. The molecular formula is C15H22N2O3S. The van der Waals surface area contributed by atoms with Crippen molar-refractivity contribution in [1.29, 1.82) is 0 Å². The minimum Gasteiger partial charge on any atom is -0.396 e. The normalized spacial score (nSPS) is 17.1. The summed E-state index contributed by atoms with van der Waals surface area (Å²) in [6.07, 6.45) is 3.18. The summed E-state index contributed by atoms with van der Waals surface area (Å²) in [5.74, 6) is 0.0320. The number of hydrogen-bond donors (Lipinski definition) is 3. The maximum absolute atomic E-state index is 12.2. The van der Waals surface area contributed by atoms with E-state index in [1.165, 1.54) is 11.3 Å². The SMILES string of the molecule is CCC(C)(CCO)NC(=O)c1ccc(NC(=O)C2CC2)s1. The van der Waals surface area contributed by atoms with E-state index < -0.39 is 5.54 Å². The van der Waals surface area contributed by atoms with E-state index in [4.69, 9.17) is 5.11 Å². The number of hydrogen-bond acceptors (Lipinski definition) is 4. The molecular weight excluding hydrogens is 288 g/mol. The first kappa shape index (κ1) is 16.0. The highest BCUT2D eigenvalue weighted by atomic mass is 32.1. The molecule has 5 nitrogen and oxygen atoms in total. The van der Waals surface area contributed by atoms with Gasteiger partial charge < -0.3 is 15.7 Å². The topological polar surface area (TPSA) is 78.4 Å². The standard InChI is InChI=1S/C15H22N2O3S/c1-3-15(2,8-9-18)17-14(20)11-6-7-12(21-11)16-13(19)10-4-5-10/h6-7,10,18H,3-5,8-9H2,1-2H3,(H,16,19)(H,17,20). The van der Waals surface area contributed by atoms with Crippen LogP contribution >= 0.6 is 11.3 Å². The van der Waals surface area contributed by atoms with Gasteiger partial charge in [0.05, 0.1) is 9.88 Å². The average molecular weight is 310 g/mol. The molecule has 1 aromatic rings. The van der Waals surface area contributed by atoms with Crippen molar-refractivity contribution in [2.45, 2.75) is 45.1 Å². The monoisotopic (exact) mass is 310 g/mol. The van der Waals surface area contributed by atoms with Crippen LogP contribution in [0.2, 0.25) is 0 Å². The lowest BCUT2D eigenvalue weighted by Crippen LogP contribution is -2.45. The molecule has 1 atom stereocenters. The van der Waals surface area contributed by atoms with Gasteiger partial charge in [0.1, 0.15) is 0 Å². The lowest BCUT2D eigenvalue weighted by molar-refractivity contribution is -0.117. The number of carbonyl (C=O) groups is 2. The zero-order chi connectivity index (χ0) is 15.5. The smallest absolute Gasteiger partial charge is 0.261 e. The average Bonchev–Trinajstić information content (AvgIpc) is 3.19. The quantitative estimate of drug-likeness (QED) is 0.723. The van der Waals surface area contributed by atoms with Crippen LogP contribution in [0.5, 0.6) is 0 Å². The molecule has 2 amide bonds. The summed E-state index contributed by atoms with van der Waals surface area (Å²) in [7, 11) is 0. The van der Waals surface area contributed by atoms with Crippen molar-refractivity contribution in [3.63, 3.8) is 0 Å². The number of aliphatic hydroxyl groups excluding tert-OH is 1. The van der Waals surface area contributed by atoms with Gasteiger partial charge in [-0.15, -0.1) is 11.3 Å². The number of aliphatic hydroxyl groups is 1. The second-order valence-electron chi connectivity index (χ2n) is 5.77. The Hall–Kier alpha value is -1.40. The Morgan fingerprint density at radius 3 is 2.71 bits per heavy atom. The molecule has 0 aromatic carbocycles. The highest BCUT2D eigenvalue weighted by Crippen LogP contribution is 2.31. The van der Waals surface area contributed by atoms with Gasteiger partial charge >= 0.3 is 0 Å². The highest BCUT2D eigenvalue weighted by Gasteiger charge is 2.30. The molecule has 21 heavy (non-hydrogen) atoms. The third-order valence-corrected chi connectivity index (χ3v) is 4.88. The van der Waals surface area contributed by atoms with Crippen LogP contribution in [0.3, 0.4) is 0 Å². The summed E-state index contributed by atoms with van der Waals surface area (Å²) in [6.45, 7) is 3.94. The molecule has 2 rings (SSSR count). The molecule has 1 saturated carbocycles. The number of amides is 2. The molecule has 1 fully saturated rings. The van der Waals surface area contributed by atoms with Crippen LogP contribution in [0.25, 0.3) is 0 Å². The first-order valence-electron chi connectivity index (χ1n) is 7.31. The molecule has 1 aromatic heterocycles. The van der Waals surface area contributed by atoms with E-state index in [-0.39, 0.29) is 24.3 Å². The number of thiophene rings is 1. The van der Waals surface area contributed by atoms with Crippen LogP contribution in [0.4, 0.5) is 5.00 Å². The lowest BCUT2D eigenvalue weighted by atomic mass is 9.95. The predicted octanol–water partition coefficient (Wildman–Crippen LogP) is 2.38. The Labute approximate surface area is 128 Å². The van der Waals surface area contributed by atoms with Crippen molar-refractivity contribution < 1.29 is 14.7 Å². The molecule has 1 aliphatic rings. The van der Waals surface area contributed by atoms with E-state index in [0.29, 0.717) is 16.3 Å². The maximum Gasteiger partial charge on any atom is 0.261 e. The van der Waals surface area contributed by atoms with E-state index in [0.717, 1.165) is 19.3 Å². The largest absolute Gasteiger partial charge is 0.396 e. The summed E-state index contributed by atoms with van der Waals surface area (Å²) < 4.78 is 0. The summed E-state index contributed by atoms with van der Waals surface area (Å²) in [5.41, 5.74) is -0.409. The Balaban J connectivity index is 1.96. The zero-order valence-electron chi connectivity index (χ0n) is 12.4. The summed E-state index contributed by atoms with van der Waals surface area (Å²) in [6, 6.07) is 3.48. The molecule has 0 saturated heterocycles. The molecule has 3 N–H and O–H groups in total. The van der Waals surface area contributed by atoms with E-state index in [9.17, 15) is 9.59 Å². The van der Waals surface area contributed by atoms with Gasteiger partial charge in [-0.2, -0.15) is 0 Å². The molecule has 116 valence electrons. The zero-order valence-corrected chi connectivity index (χ0v) is 13.3. The molecule has 1 unspecified atom stereocenters. The Bertz CT molecular complexity index is 525. The first-order chi connectivity index (χ1) is 9.97. The fraction of sp³-hybridized carbons (Fsp3) is 0.600. The van der Waals surface area contributed by atoms with Crippen LogP contribution in [0.1, 0.15) is 49.2 Å². The minimum absolute atomic E-state index is 0.0394. The Morgan fingerprint density at radius 1 is 1.43 bits per heavy atom. The third kappa shape index (κ3) is 4.28. The van der Waals surface area contributed by atoms with E-state index in [2.05, 4.69) is 10.6 Å². The predicted molar refractivity (Wildman–Crippen MR) is 83.5 cm³/mol. The molecule has 1 heterocycles. The number of rotatable bonds is 7. The van der Waals surface area contributed by atoms with Crippen LogP contribution in [-0.2, 0) is 4.79 Å². The summed E-state index contributed by atoms with van der Waals surface area (Å²) >= 11 is 1.28. The van der Waals surface area contributed by atoms with Crippen LogP contribution in [0, 0.1) is 5.92 Å². The van der Waals surface area contributed by atoms with Gasteiger partial charge in [0, 0.05) is 18.1 Å². The van der Waals surface area contributed by atoms with E-state index in [1.807, 2.05) is 13.8 Å². The van der Waals surface area contributed by atoms with Crippen LogP contribution < -0.4 is 10.6 Å².